The van der Waals surface area contributed by atoms with E-state index < -0.39 is 0 Å². The number of carbonyl (C=O) groups excluding carboxylic acids is 2. The second kappa shape index (κ2) is 7.88. The minimum atomic E-state index is -0.0666. The van der Waals surface area contributed by atoms with Crippen LogP contribution in [0.15, 0.2) is 47.3 Å². The summed E-state index contributed by atoms with van der Waals surface area (Å²) in [4.78, 5) is 26.4. The highest BCUT2D eigenvalue weighted by Gasteiger charge is 2.28. The van der Waals surface area contributed by atoms with Crippen molar-refractivity contribution in [1.29, 1.82) is 0 Å². The Bertz CT molecular complexity index is 719. The van der Waals surface area contributed by atoms with Crippen molar-refractivity contribution in [2.45, 2.75) is 19.4 Å². The second-order valence-electron chi connectivity index (χ2n) is 6.11. The van der Waals surface area contributed by atoms with Crippen LogP contribution in [-0.4, -0.2) is 36.9 Å². The number of methoxy groups -OCH3 is 1. The van der Waals surface area contributed by atoms with Gasteiger partial charge in [-0.2, -0.15) is 0 Å². The summed E-state index contributed by atoms with van der Waals surface area (Å²) < 4.78 is 10.3. The number of rotatable bonds is 5. The second-order valence-corrected chi connectivity index (χ2v) is 6.11. The number of benzene rings is 1. The molecule has 1 aliphatic rings. The Morgan fingerprint density at radius 2 is 2.00 bits per heavy atom. The molecule has 6 heteroatoms. The largest absolute Gasteiger partial charge is 0.496 e. The first kappa shape index (κ1) is 17.1. The topological polar surface area (TPSA) is 71.8 Å². The molecule has 2 amide bonds. The first-order valence-corrected chi connectivity index (χ1v) is 8.40. The molecular formula is C19H22N2O4. The summed E-state index contributed by atoms with van der Waals surface area (Å²) in [6, 6.07) is 9.29. The number of hydrogen-bond acceptors (Lipinski definition) is 4. The molecule has 0 spiro atoms. The summed E-state index contributed by atoms with van der Waals surface area (Å²) in [5.74, 6) is 0.689. The van der Waals surface area contributed by atoms with Gasteiger partial charge in [0.2, 0.25) is 5.91 Å². The van der Waals surface area contributed by atoms with E-state index in [4.69, 9.17) is 9.15 Å². The monoisotopic (exact) mass is 342 g/mol. The maximum absolute atomic E-state index is 12.4. The molecule has 3 rings (SSSR count). The fourth-order valence-electron chi connectivity index (χ4n) is 3.09. The van der Waals surface area contributed by atoms with Gasteiger partial charge < -0.3 is 19.4 Å². The molecule has 25 heavy (non-hydrogen) atoms. The number of nitrogens with zero attached hydrogens (tertiary/aromatic N) is 1. The number of ether oxygens (including phenoxy) is 1. The lowest BCUT2D eigenvalue weighted by molar-refractivity contribution is -0.126. The molecule has 1 aromatic heterocycles. The summed E-state index contributed by atoms with van der Waals surface area (Å²) >= 11 is 0. The van der Waals surface area contributed by atoms with Crippen LogP contribution in [0.5, 0.6) is 5.75 Å². The SMILES string of the molecule is COc1ccccc1CNC(=O)C1CCN(C(=O)c2ccoc2)CC1. The standard InChI is InChI=1S/C19H22N2O4/c1-24-17-5-3-2-4-15(17)12-20-18(22)14-6-9-21(10-7-14)19(23)16-8-11-25-13-16/h2-5,8,11,13-14H,6-7,9-10,12H2,1H3,(H,20,22). The Hall–Kier alpha value is -2.76. The summed E-state index contributed by atoms with van der Waals surface area (Å²) in [7, 11) is 1.62. The number of likely N-dealkylation sites (tertiary alicyclic amines) is 1. The molecule has 2 aromatic rings. The van der Waals surface area contributed by atoms with E-state index in [9.17, 15) is 9.59 Å². The Balaban J connectivity index is 1.49. The van der Waals surface area contributed by atoms with Gasteiger partial charge in [-0.3, -0.25) is 9.59 Å². The van der Waals surface area contributed by atoms with E-state index >= 15 is 0 Å². The molecule has 132 valence electrons. The zero-order valence-corrected chi connectivity index (χ0v) is 14.2. The van der Waals surface area contributed by atoms with E-state index in [1.54, 1.807) is 18.1 Å². The lowest BCUT2D eigenvalue weighted by Crippen LogP contribution is -2.42. The first-order valence-electron chi connectivity index (χ1n) is 8.40. The van der Waals surface area contributed by atoms with Crippen molar-refractivity contribution in [3.05, 3.63) is 54.0 Å². The molecule has 1 saturated heterocycles. The van der Waals surface area contributed by atoms with Crippen LogP contribution >= 0.6 is 0 Å². The molecule has 0 atom stereocenters. The minimum absolute atomic E-state index is 0.0290. The molecule has 0 bridgehead atoms. The van der Waals surface area contributed by atoms with E-state index in [0.29, 0.717) is 38.0 Å². The summed E-state index contributed by atoms with van der Waals surface area (Å²) in [6.07, 6.45) is 4.28. The van der Waals surface area contributed by atoms with Gasteiger partial charge in [-0.25, -0.2) is 0 Å². The van der Waals surface area contributed by atoms with E-state index in [1.807, 2.05) is 24.3 Å². The average molecular weight is 342 g/mol. The van der Waals surface area contributed by atoms with Crippen LogP contribution in [0.25, 0.3) is 0 Å². The van der Waals surface area contributed by atoms with Crippen molar-refractivity contribution in [1.82, 2.24) is 10.2 Å². The molecule has 1 fully saturated rings. The number of furan rings is 1. The predicted molar refractivity (Wildman–Crippen MR) is 92.2 cm³/mol. The zero-order valence-electron chi connectivity index (χ0n) is 14.2. The van der Waals surface area contributed by atoms with Crippen molar-refractivity contribution < 1.29 is 18.7 Å². The fraction of sp³-hybridized carbons (Fsp3) is 0.368. The molecule has 1 aliphatic heterocycles. The highest BCUT2D eigenvalue weighted by atomic mass is 16.5. The Morgan fingerprint density at radius 1 is 1.24 bits per heavy atom. The van der Waals surface area contributed by atoms with E-state index in [0.717, 1.165) is 11.3 Å². The third kappa shape index (κ3) is 4.02. The van der Waals surface area contributed by atoms with Gasteiger partial charge in [0, 0.05) is 31.1 Å². The smallest absolute Gasteiger partial charge is 0.257 e. The number of hydrogen-bond donors (Lipinski definition) is 1. The molecule has 0 radical (unpaired) electrons. The third-order valence-corrected chi connectivity index (χ3v) is 4.57. The maximum atomic E-state index is 12.4. The number of carbonyl (C=O) groups is 2. The Labute approximate surface area is 146 Å². The van der Waals surface area contributed by atoms with E-state index in [1.165, 1.54) is 12.5 Å². The molecule has 0 saturated carbocycles. The van der Waals surface area contributed by atoms with Crippen molar-refractivity contribution in [2.24, 2.45) is 5.92 Å². The van der Waals surface area contributed by atoms with Gasteiger partial charge in [-0.1, -0.05) is 18.2 Å². The normalized spacial score (nSPS) is 15.0. The van der Waals surface area contributed by atoms with Crippen LogP contribution in [0.1, 0.15) is 28.8 Å². The zero-order chi connectivity index (χ0) is 17.6. The number of amides is 2. The van der Waals surface area contributed by atoms with Gasteiger partial charge in [0.25, 0.3) is 5.91 Å². The number of piperidine rings is 1. The molecule has 6 nitrogen and oxygen atoms in total. The van der Waals surface area contributed by atoms with Crippen LogP contribution in [0.3, 0.4) is 0 Å². The quantitative estimate of drug-likeness (QED) is 0.906. The third-order valence-electron chi connectivity index (χ3n) is 4.57. The average Bonchev–Trinajstić information content (AvgIpc) is 3.20. The van der Waals surface area contributed by atoms with E-state index in [2.05, 4.69) is 5.32 Å². The van der Waals surface area contributed by atoms with Crippen LogP contribution in [0, 0.1) is 5.92 Å². The van der Waals surface area contributed by atoms with Crippen LogP contribution in [0.4, 0.5) is 0 Å². The fourth-order valence-corrected chi connectivity index (χ4v) is 3.09. The maximum Gasteiger partial charge on any atom is 0.257 e. The van der Waals surface area contributed by atoms with Gasteiger partial charge in [-0.15, -0.1) is 0 Å². The highest BCUT2D eigenvalue weighted by Crippen LogP contribution is 2.21. The summed E-state index contributed by atoms with van der Waals surface area (Å²) in [5, 5.41) is 2.98. The van der Waals surface area contributed by atoms with Crippen LogP contribution < -0.4 is 10.1 Å². The molecule has 0 aliphatic carbocycles. The van der Waals surface area contributed by atoms with Gasteiger partial charge in [0.15, 0.2) is 0 Å². The summed E-state index contributed by atoms with van der Waals surface area (Å²) in [6.45, 7) is 1.60. The van der Waals surface area contributed by atoms with Crippen LogP contribution in [0.2, 0.25) is 0 Å². The molecule has 0 unspecified atom stereocenters. The molecule has 2 heterocycles. The van der Waals surface area contributed by atoms with Crippen molar-refractivity contribution in [3.63, 3.8) is 0 Å². The van der Waals surface area contributed by atoms with Gasteiger partial charge in [0.1, 0.15) is 12.0 Å². The van der Waals surface area contributed by atoms with Gasteiger partial charge in [0.05, 0.1) is 18.9 Å². The first-order chi connectivity index (χ1) is 12.2. The van der Waals surface area contributed by atoms with Gasteiger partial charge >= 0.3 is 0 Å². The number of para-hydroxylation sites is 1. The molecular weight excluding hydrogens is 320 g/mol. The Morgan fingerprint density at radius 3 is 2.68 bits per heavy atom. The number of nitrogens with one attached hydrogen (secondary N) is 1. The molecule has 1 N–H and O–H groups in total. The van der Waals surface area contributed by atoms with Crippen molar-refractivity contribution in [3.8, 4) is 5.75 Å². The lowest BCUT2D eigenvalue weighted by Gasteiger charge is -2.31. The summed E-state index contributed by atoms with van der Waals surface area (Å²) in [5.41, 5.74) is 1.50. The van der Waals surface area contributed by atoms with Crippen molar-refractivity contribution >= 4 is 11.8 Å². The predicted octanol–water partition coefficient (Wildman–Crippen LogP) is 2.46. The van der Waals surface area contributed by atoms with E-state index in [-0.39, 0.29) is 17.7 Å². The minimum Gasteiger partial charge on any atom is -0.496 e. The highest BCUT2D eigenvalue weighted by molar-refractivity contribution is 5.94. The lowest BCUT2D eigenvalue weighted by atomic mass is 9.95. The van der Waals surface area contributed by atoms with Crippen LogP contribution in [-0.2, 0) is 11.3 Å². The molecule has 1 aromatic carbocycles. The van der Waals surface area contributed by atoms with Gasteiger partial charge in [-0.05, 0) is 25.0 Å². The Kier molecular flexibility index (Phi) is 5.38. The van der Waals surface area contributed by atoms with Crippen molar-refractivity contribution in [2.75, 3.05) is 20.2 Å².